The first-order chi connectivity index (χ1) is 20.8. The molecular weight excluding hydrogens is 564 g/mol. The molecule has 0 heterocycles. The van der Waals surface area contributed by atoms with Crippen LogP contribution in [0.15, 0.2) is 60.7 Å². The quantitative estimate of drug-likeness (QED) is 0.164. The van der Waals surface area contributed by atoms with Gasteiger partial charge in [-0.25, -0.2) is 4.79 Å². The van der Waals surface area contributed by atoms with Crippen LogP contribution in [0.1, 0.15) is 37.5 Å². The molecule has 0 saturated carbocycles. The molecule has 11 heteroatoms. The molecule has 5 N–H and O–H groups in total. The molecule has 0 fully saturated rings. The van der Waals surface area contributed by atoms with Crippen LogP contribution >= 0.6 is 0 Å². The number of nitriles is 1. The molecule has 3 rings (SSSR count). The van der Waals surface area contributed by atoms with Gasteiger partial charge in [-0.2, -0.15) is 5.26 Å². The van der Waals surface area contributed by atoms with Gasteiger partial charge in [0.1, 0.15) is 17.4 Å². The lowest BCUT2D eigenvalue weighted by Crippen LogP contribution is -2.47. The number of carbonyl (C=O) groups is 2. The molecule has 0 aliphatic carbocycles. The van der Waals surface area contributed by atoms with Gasteiger partial charge in [0.15, 0.2) is 11.5 Å². The highest BCUT2D eigenvalue weighted by molar-refractivity contribution is 5.91. The minimum Gasteiger partial charge on any atom is -0.495 e. The van der Waals surface area contributed by atoms with E-state index in [2.05, 4.69) is 11.4 Å². The fourth-order valence-corrected chi connectivity index (χ4v) is 3.95. The molecule has 0 aliphatic rings. The van der Waals surface area contributed by atoms with Gasteiger partial charge in [-0.05, 0) is 67.8 Å². The number of amides is 2. The summed E-state index contributed by atoms with van der Waals surface area (Å²) in [6.07, 6.45) is 1.43. The second-order valence-corrected chi connectivity index (χ2v) is 10.4. The third-order valence-electron chi connectivity index (χ3n) is 5.98. The van der Waals surface area contributed by atoms with Crippen molar-refractivity contribution in [2.24, 2.45) is 5.73 Å². The first kappa shape index (κ1) is 34.8. The monoisotopic (exact) mass is 604 g/mol. The number of methoxy groups -OCH3 is 4. The topological polar surface area (TPSA) is 168 Å². The van der Waals surface area contributed by atoms with Crippen molar-refractivity contribution in [3.8, 4) is 29.1 Å². The Labute approximate surface area is 258 Å². The van der Waals surface area contributed by atoms with E-state index < -0.39 is 23.6 Å². The first-order valence-electron chi connectivity index (χ1n) is 13.5. The number of nitrogen functional groups attached to an aromatic ring is 1. The summed E-state index contributed by atoms with van der Waals surface area (Å²) in [5.41, 5.74) is 13.9. The van der Waals surface area contributed by atoms with Crippen LogP contribution < -0.4 is 35.7 Å². The molecule has 3 aromatic rings. The van der Waals surface area contributed by atoms with Crippen LogP contribution in [0, 0.1) is 11.3 Å². The number of carbonyl (C=O) groups excluding carboxylic acids is 2. The molecule has 0 spiro atoms. The Morgan fingerprint density at radius 1 is 0.909 bits per heavy atom. The maximum Gasteiger partial charge on any atom is 0.408 e. The van der Waals surface area contributed by atoms with Gasteiger partial charge in [0.05, 0.1) is 45.8 Å². The number of ether oxygens (including phenoxy) is 5. The molecular formula is C33H40N4O7. The van der Waals surface area contributed by atoms with E-state index in [1.807, 2.05) is 36.4 Å². The molecule has 0 bridgehead atoms. The molecule has 3 aromatic carbocycles. The summed E-state index contributed by atoms with van der Waals surface area (Å²) in [5.74, 6) is 1.43. The largest absolute Gasteiger partial charge is 0.495 e. The lowest BCUT2D eigenvalue weighted by molar-refractivity contribution is -0.120. The van der Waals surface area contributed by atoms with Crippen molar-refractivity contribution in [3.05, 3.63) is 77.4 Å². The number of benzene rings is 3. The Balaban J connectivity index is 0.000000319. The maximum atomic E-state index is 11.6. The fourth-order valence-electron chi connectivity index (χ4n) is 3.95. The SMILES string of the molecule is CC(C)(C)OC(=O)N[C@@H](Cc1ccccc1)C(N)=O.COc1ccc(C=C(C#N)c2cc(OC)c(OC)c(OC)c2)cc1N. The van der Waals surface area contributed by atoms with Crippen molar-refractivity contribution in [3.63, 3.8) is 0 Å². The molecule has 44 heavy (non-hydrogen) atoms. The number of primary amides is 1. The minimum atomic E-state index is -0.780. The van der Waals surface area contributed by atoms with Crippen molar-refractivity contribution < 1.29 is 33.3 Å². The molecule has 0 unspecified atom stereocenters. The maximum absolute atomic E-state index is 11.6. The van der Waals surface area contributed by atoms with Crippen LogP contribution in [0.3, 0.4) is 0 Å². The van der Waals surface area contributed by atoms with Crippen molar-refractivity contribution in [2.75, 3.05) is 34.2 Å². The predicted molar refractivity (Wildman–Crippen MR) is 169 cm³/mol. The third-order valence-corrected chi connectivity index (χ3v) is 5.98. The number of nitrogens with two attached hydrogens (primary N) is 2. The Kier molecular flexibility index (Phi) is 12.9. The van der Waals surface area contributed by atoms with Crippen molar-refractivity contribution in [1.29, 1.82) is 5.26 Å². The van der Waals surface area contributed by atoms with Gasteiger partial charge in [-0.1, -0.05) is 36.4 Å². The molecule has 1 atom stereocenters. The number of hydrogen-bond acceptors (Lipinski definition) is 9. The second kappa shape index (κ2) is 16.3. The average Bonchev–Trinajstić information content (AvgIpc) is 2.98. The number of allylic oxidation sites excluding steroid dienone is 1. The van der Waals surface area contributed by atoms with Gasteiger partial charge in [0.25, 0.3) is 0 Å². The van der Waals surface area contributed by atoms with Crippen molar-refractivity contribution >= 4 is 29.3 Å². The zero-order valence-electron chi connectivity index (χ0n) is 26.1. The van der Waals surface area contributed by atoms with Gasteiger partial charge in [0, 0.05) is 6.42 Å². The number of anilines is 1. The normalized spacial score (nSPS) is 11.5. The summed E-state index contributed by atoms with van der Waals surface area (Å²) in [6.45, 7) is 5.26. The van der Waals surface area contributed by atoms with Crippen LogP contribution in [0.25, 0.3) is 11.6 Å². The Morgan fingerprint density at radius 2 is 1.50 bits per heavy atom. The summed E-state index contributed by atoms with van der Waals surface area (Å²) < 4.78 is 26.2. The predicted octanol–water partition coefficient (Wildman–Crippen LogP) is 4.98. The van der Waals surface area contributed by atoms with E-state index >= 15 is 0 Å². The number of nitrogens with zero attached hydrogens (tertiary/aromatic N) is 1. The van der Waals surface area contributed by atoms with Gasteiger partial charge >= 0.3 is 6.09 Å². The molecule has 0 radical (unpaired) electrons. The number of hydrogen-bond donors (Lipinski definition) is 3. The zero-order chi connectivity index (χ0) is 32.9. The Morgan fingerprint density at radius 3 is 1.95 bits per heavy atom. The van der Waals surface area contributed by atoms with Crippen LogP contribution in [0.5, 0.6) is 23.0 Å². The van der Waals surface area contributed by atoms with Gasteiger partial charge < -0.3 is 40.5 Å². The van der Waals surface area contributed by atoms with Crippen molar-refractivity contribution in [2.45, 2.75) is 38.8 Å². The highest BCUT2D eigenvalue weighted by atomic mass is 16.6. The molecule has 11 nitrogen and oxygen atoms in total. The average molecular weight is 605 g/mol. The second-order valence-electron chi connectivity index (χ2n) is 10.4. The van der Waals surface area contributed by atoms with E-state index in [9.17, 15) is 14.9 Å². The highest BCUT2D eigenvalue weighted by Crippen LogP contribution is 2.40. The molecule has 234 valence electrons. The molecule has 0 saturated heterocycles. The fraction of sp³-hybridized carbons (Fsp3) is 0.303. The third kappa shape index (κ3) is 10.5. The lowest BCUT2D eigenvalue weighted by atomic mass is 10.0. The first-order valence-corrected chi connectivity index (χ1v) is 13.5. The molecule has 2 amide bonds. The smallest absolute Gasteiger partial charge is 0.408 e. The standard InChI is InChI=1S/C19H20N2O4.C14H20N2O3/c1-22-16-6-5-12(8-15(16)21)7-14(11-20)13-9-17(23-2)19(25-4)18(10-13)24-3;1-14(2,3)19-13(18)16-11(12(15)17)9-10-7-5-4-6-8-10/h5-10H,21H2,1-4H3;4-8,11H,9H2,1-3H3,(H2,15,17)(H,16,18)/t;11-/m.0/s1. The van der Waals surface area contributed by atoms with E-state index in [1.54, 1.807) is 58.2 Å². The Bertz CT molecular complexity index is 1470. The van der Waals surface area contributed by atoms with Crippen LogP contribution in [0.2, 0.25) is 0 Å². The van der Waals surface area contributed by atoms with E-state index in [4.69, 9.17) is 35.2 Å². The van der Waals surface area contributed by atoms with Crippen molar-refractivity contribution in [1.82, 2.24) is 5.32 Å². The van der Waals surface area contributed by atoms with E-state index in [1.165, 1.54) is 21.3 Å². The number of nitrogens with one attached hydrogen (secondary N) is 1. The summed E-state index contributed by atoms with van der Waals surface area (Å²) in [6, 6.07) is 19.5. The van der Waals surface area contributed by atoms with E-state index in [0.717, 1.165) is 11.1 Å². The summed E-state index contributed by atoms with van der Waals surface area (Å²) in [5, 5.41) is 12.1. The summed E-state index contributed by atoms with van der Waals surface area (Å²) in [7, 11) is 6.14. The summed E-state index contributed by atoms with van der Waals surface area (Å²) >= 11 is 0. The Hall–Kier alpha value is -5.37. The van der Waals surface area contributed by atoms with E-state index in [0.29, 0.717) is 46.2 Å². The van der Waals surface area contributed by atoms with E-state index in [-0.39, 0.29) is 0 Å². The van der Waals surface area contributed by atoms with Crippen LogP contribution in [-0.2, 0) is 16.0 Å². The minimum absolute atomic E-state index is 0.343. The van der Waals surface area contributed by atoms with Gasteiger partial charge in [0.2, 0.25) is 11.7 Å². The lowest BCUT2D eigenvalue weighted by Gasteiger charge is -2.22. The number of rotatable bonds is 10. The molecule has 0 aliphatic heterocycles. The van der Waals surface area contributed by atoms with Gasteiger partial charge in [-0.15, -0.1) is 0 Å². The highest BCUT2D eigenvalue weighted by Gasteiger charge is 2.23. The summed E-state index contributed by atoms with van der Waals surface area (Å²) in [4.78, 5) is 23.0. The molecule has 0 aromatic heterocycles. The van der Waals surface area contributed by atoms with Gasteiger partial charge in [-0.3, -0.25) is 4.79 Å². The van der Waals surface area contributed by atoms with Crippen LogP contribution in [0.4, 0.5) is 10.5 Å². The van der Waals surface area contributed by atoms with Crippen LogP contribution in [-0.4, -0.2) is 52.1 Å². The zero-order valence-corrected chi connectivity index (χ0v) is 26.1. The number of alkyl carbamates (subject to hydrolysis) is 1.